The van der Waals surface area contributed by atoms with Crippen molar-refractivity contribution >= 4 is 0 Å². The third-order valence-electron chi connectivity index (χ3n) is 3.96. The molecular formula is C17H20N2. The van der Waals surface area contributed by atoms with Gasteiger partial charge in [-0.1, -0.05) is 24.3 Å². The summed E-state index contributed by atoms with van der Waals surface area (Å²) in [5.74, 6) is 0. The van der Waals surface area contributed by atoms with E-state index in [1.807, 2.05) is 18.5 Å². The van der Waals surface area contributed by atoms with Crippen molar-refractivity contribution in [3.05, 3.63) is 65.0 Å². The second kappa shape index (κ2) is 5.54. The summed E-state index contributed by atoms with van der Waals surface area (Å²) in [7, 11) is 0. The van der Waals surface area contributed by atoms with Crippen LogP contribution in [-0.4, -0.2) is 4.98 Å². The van der Waals surface area contributed by atoms with Crippen LogP contribution < -0.4 is 5.32 Å². The maximum absolute atomic E-state index is 4.17. The highest BCUT2D eigenvalue weighted by atomic mass is 14.9. The second-order valence-electron chi connectivity index (χ2n) is 5.35. The van der Waals surface area contributed by atoms with Crippen LogP contribution in [0, 0.1) is 0 Å². The van der Waals surface area contributed by atoms with Crippen molar-refractivity contribution in [2.24, 2.45) is 0 Å². The van der Waals surface area contributed by atoms with Gasteiger partial charge >= 0.3 is 0 Å². The second-order valence-corrected chi connectivity index (χ2v) is 5.35. The molecule has 1 heterocycles. The van der Waals surface area contributed by atoms with Crippen LogP contribution in [0.5, 0.6) is 0 Å². The van der Waals surface area contributed by atoms with Crippen molar-refractivity contribution in [3.8, 4) is 0 Å². The Labute approximate surface area is 114 Å². The summed E-state index contributed by atoms with van der Waals surface area (Å²) in [4.78, 5) is 4.17. The molecule has 1 aliphatic carbocycles. The zero-order chi connectivity index (χ0) is 13.1. The van der Waals surface area contributed by atoms with Gasteiger partial charge in [-0.05, 0) is 54.5 Å². The zero-order valence-electron chi connectivity index (χ0n) is 11.4. The highest BCUT2D eigenvalue weighted by molar-refractivity contribution is 5.35. The Morgan fingerprint density at radius 1 is 1.21 bits per heavy atom. The SMILES string of the molecule is C[C@H](NCc1ccc2c(c1)CCC2)c1cccnc1. The fourth-order valence-corrected chi connectivity index (χ4v) is 2.76. The number of rotatable bonds is 4. The molecule has 0 spiro atoms. The normalized spacial score (nSPS) is 15.2. The summed E-state index contributed by atoms with van der Waals surface area (Å²) < 4.78 is 0. The quantitative estimate of drug-likeness (QED) is 0.902. The van der Waals surface area contributed by atoms with Crippen LogP contribution in [-0.2, 0) is 19.4 Å². The van der Waals surface area contributed by atoms with Gasteiger partial charge in [-0.15, -0.1) is 0 Å². The number of benzene rings is 1. The number of hydrogen-bond acceptors (Lipinski definition) is 2. The van der Waals surface area contributed by atoms with Crippen LogP contribution in [0.1, 0.15) is 41.6 Å². The molecular weight excluding hydrogens is 232 g/mol. The largest absolute Gasteiger partial charge is 0.306 e. The molecule has 1 aliphatic rings. The molecule has 0 saturated heterocycles. The standard InChI is InChI=1S/C17H20N2/c1-13(17-6-3-9-18-12-17)19-11-14-7-8-15-4-2-5-16(15)10-14/h3,6-10,12-13,19H,2,4-5,11H2,1H3/t13-/m0/s1. The third kappa shape index (κ3) is 2.85. The number of pyridine rings is 1. The van der Waals surface area contributed by atoms with Crippen molar-refractivity contribution in [3.63, 3.8) is 0 Å². The van der Waals surface area contributed by atoms with Gasteiger partial charge in [0.25, 0.3) is 0 Å². The Morgan fingerprint density at radius 2 is 2.11 bits per heavy atom. The van der Waals surface area contributed by atoms with Crippen LogP contribution >= 0.6 is 0 Å². The number of aromatic nitrogens is 1. The lowest BCUT2D eigenvalue weighted by molar-refractivity contribution is 0.573. The predicted molar refractivity (Wildman–Crippen MR) is 78.0 cm³/mol. The number of hydrogen-bond donors (Lipinski definition) is 1. The summed E-state index contributed by atoms with van der Waals surface area (Å²) in [6.07, 6.45) is 7.58. The van der Waals surface area contributed by atoms with Crippen LogP contribution in [0.3, 0.4) is 0 Å². The molecule has 0 radical (unpaired) electrons. The molecule has 3 rings (SSSR count). The van der Waals surface area contributed by atoms with Gasteiger partial charge in [0, 0.05) is 25.0 Å². The van der Waals surface area contributed by atoms with E-state index in [1.165, 1.54) is 30.4 Å². The Kier molecular flexibility index (Phi) is 3.60. The van der Waals surface area contributed by atoms with E-state index in [2.05, 4.69) is 41.5 Å². The molecule has 0 aliphatic heterocycles. The summed E-state index contributed by atoms with van der Waals surface area (Å²) in [5.41, 5.74) is 5.72. The van der Waals surface area contributed by atoms with Crippen molar-refractivity contribution in [2.75, 3.05) is 0 Å². The molecule has 1 N–H and O–H groups in total. The van der Waals surface area contributed by atoms with Crippen molar-refractivity contribution in [1.82, 2.24) is 10.3 Å². The van der Waals surface area contributed by atoms with E-state index in [4.69, 9.17) is 0 Å². The van der Waals surface area contributed by atoms with Crippen LogP contribution in [0.4, 0.5) is 0 Å². The van der Waals surface area contributed by atoms with Gasteiger partial charge in [0.05, 0.1) is 0 Å². The number of nitrogens with one attached hydrogen (secondary N) is 1. The molecule has 98 valence electrons. The van der Waals surface area contributed by atoms with Crippen molar-refractivity contribution in [2.45, 2.75) is 38.8 Å². The van der Waals surface area contributed by atoms with Crippen LogP contribution in [0.25, 0.3) is 0 Å². The smallest absolute Gasteiger partial charge is 0.0315 e. The van der Waals surface area contributed by atoms with Gasteiger partial charge in [0.2, 0.25) is 0 Å². The summed E-state index contributed by atoms with van der Waals surface area (Å²) in [6, 6.07) is 11.4. The van der Waals surface area contributed by atoms with E-state index in [-0.39, 0.29) is 0 Å². The van der Waals surface area contributed by atoms with Gasteiger partial charge in [-0.3, -0.25) is 4.98 Å². The lowest BCUT2D eigenvalue weighted by Crippen LogP contribution is -2.18. The summed E-state index contributed by atoms with van der Waals surface area (Å²) in [6.45, 7) is 3.10. The number of nitrogens with zero attached hydrogens (tertiary/aromatic N) is 1. The van der Waals surface area contributed by atoms with Crippen molar-refractivity contribution < 1.29 is 0 Å². The molecule has 0 fully saturated rings. The van der Waals surface area contributed by atoms with E-state index in [1.54, 1.807) is 11.1 Å². The fourth-order valence-electron chi connectivity index (χ4n) is 2.76. The van der Waals surface area contributed by atoms with E-state index in [0.717, 1.165) is 6.54 Å². The Hall–Kier alpha value is -1.67. The van der Waals surface area contributed by atoms with Gasteiger partial charge in [0.1, 0.15) is 0 Å². The first-order chi connectivity index (χ1) is 9.33. The maximum atomic E-state index is 4.17. The minimum absolute atomic E-state index is 0.335. The molecule has 2 heteroatoms. The minimum Gasteiger partial charge on any atom is -0.306 e. The highest BCUT2D eigenvalue weighted by Gasteiger charge is 2.11. The first-order valence-electron chi connectivity index (χ1n) is 7.07. The molecule has 2 nitrogen and oxygen atoms in total. The molecule has 1 atom stereocenters. The molecule has 2 aromatic rings. The third-order valence-corrected chi connectivity index (χ3v) is 3.96. The predicted octanol–water partition coefficient (Wildman–Crippen LogP) is 3.42. The summed E-state index contributed by atoms with van der Waals surface area (Å²) >= 11 is 0. The Balaban J connectivity index is 1.63. The van der Waals surface area contributed by atoms with E-state index >= 15 is 0 Å². The first-order valence-corrected chi connectivity index (χ1v) is 7.07. The monoisotopic (exact) mass is 252 g/mol. The summed E-state index contributed by atoms with van der Waals surface area (Å²) in [5, 5.41) is 3.57. The highest BCUT2D eigenvalue weighted by Crippen LogP contribution is 2.23. The topological polar surface area (TPSA) is 24.9 Å². The van der Waals surface area contributed by atoms with E-state index in [0.29, 0.717) is 6.04 Å². The molecule has 19 heavy (non-hydrogen) atoms. The van der Waals surface area contributed by atoms with E-state index in [9.17, 15) is 0 Å². The molecule has 0 bridgehead atoms. The first kappa shape index (κ1) is 12.4. The van der Waals surface area contributed by atoms with Crippen LogP contribution in [0.15, 0.2) is 42.7 Å². The van der Waals surface area contributed by atoms with Gasteiger partial charge in [0.15, 0.2) is 0 Å². The Morgan fingerprint density at radius 3 is 2.95 bits per heavy atom. The van der Waals surface area contributed by atoms with Gasteiger partial charge in [-0.2, -0.15) is 0 Å². The Bertz CT molecular complexity index is 548. The average molecular weight is 252 g/mol. The van der Waals surface area contributed by atoms with Crippen LogP contribution in [0.2, 0.25) is 0 Å². The molecule has 1 aromatic carbocycles. The van der Waals surface area contributed by atoms with E-state index < -0.39 is 0 Å². The molecule has 0 unspecified atom stereocenters. The molecule has 0 saturated carbocycles. The lowest BCUT2D eigenvalue weighted by atomic mass is 10.1. The fraction of sp³-hybridized carbons (Fsp3) is 0.353. The molecule has 1 aromatic heterocycles. The minimum atomic E-state index is 0.335. The number of fused-ring (bicyclic) bond motifs is 1. The zero-order valence-corrected chi connectivity index (χ0v) is 11.4. The maximum Gasteiger partial charge on any atom is 0.0315 e. The number of aryl methyl sites for hydroxylation is 2. The van der Waals surface area contributed by atoms with Crippen molar-refractivity contribution in [1.29, 1.82) is 0 Å². The average Bonchev–Trinajstić information content (AvgIpc) is 2.93. The van der Waals surface area contributed by atoms with Gasteiger partial charge < -0.3 is 5.32 Å². The lowest BCUT2D eigenvalue weighted by Gasteiger charge is -2.14. The molecule has 0 amide bonds. The van der Waals surface area contributed by atoms with Gasteiger partial charge in [-0.25, -0.2) is 0 Å².